The molecular formula is C9H6N2O3. The molecule has 0 saturated carbocycles. The highest BCUT2D eigenvalue weighted by atomic mass is 16.3. The number of pyridine rings is 1. The number of hydrogen-bond acceptors (Lipinski definition) is 4. The minimum Gasteiger partial charge on any atom is -0.508 e. The molecule has 1 aromatic heterocycles. The van der Waals surface area contributed by atoms with E-state index in [9.17, 15) is 14.8 Å². The lowest BCUT2D eigenvalue weighted by atomic mass is 10.2. The summed E-state index contributed by atoms with van der Waals surface area (Å²) in [5, 5.41) is 12.4. The van der Waals surface area contributed by atoms with Crippen molar-refractivity contribution in [1.29, 1.82) is 0 Å². The molecule has 70 valence electrons. The molecule has 0 bridgehead atoms. The third-order valence-corrected chi connectivity index (χ3v) is 1.94. The van der Waals surface area contributed by atoms with E-state index in [0.717, 1.165) is 0 Å². The van der Waals surface area contributed by atoms with Crippen molar-refractivity contribution in [3.63, 3.8) is 0 Å². The Labute approximate surface area is 78.2 Å². The highest BCUT2D eigenvalue weighted by Gasteiger charge is 2.03. The van der Waals surface area contributed by atoms with Gasteiger partial charge in [0.25, 0.3) is 5.56 Å². The summed E-state index contributed by atoms with van der Waals surface area (Å²) in [4.78, 5) is 21.5. The second-order valence-electron chi connectivity index (χ2n) is 2.81. The normalized spacial score (nSPS) is 10.3. The fourth-order valence-electron chi connectivity index (χ4n) is 1.29. The number of nitroso groups, excluding NO2 is 1. The molecule has 1 heterocycles. The number of benzene rings is 1. The summed E-state index contributed by atoms with van der Waals surface area (Å²) in [5.74, 6) is -0.0134. The van der Waals surface area contributed by atoms with Gasteiger partial charge in [0.2, 0.25) is 0 Å². The Kier molecular flexibility index (Phi) is 1.78. The molecule has 5 heteroatoms. The maximum atomic E-state index is 11.2. The quantitative estimate of drug-likeness (QED) is 0.687. The van der Waals surface area contributed by atoms with Crippen LogP contribution in [0.2, 0.25) is 0 Å². The Morgan fingerprint density at radius 3 is 2.64 bits per heavy atom. The van der Waals surface area contributed by atoms with Crippen molar-refractivity contribution >= 4 is 10.9 Å². The summed E-state index contributed by atoms with van der Waals surface area (Å²) in [6, 6.07) is 7.21. The van der Waals surface area contributed by atoms with Gasteiger partial charge in [-0.1, -0.05) is 0 Å². The molecule has 0 aliphatic carbocycles. The van der Waals surface area contributed by atoms with Crippen LogP contribution in [0.4, 0.5) is 0 Å². The van der Waals surface area contributed by atoms with Crippen LogP contribution in [0, 0.1) is 4.91 Å². The van der Waals surface area contributed by atoms with Gasteiger partial charge in [-0.3, -0.25) is 4.79 Å². The summed E-state index contributed by atoms with van der Waals surface area (Å²) in [5.41, 5.74) is -0.217. The third kappa shape index (κ3) is 1.15. The van der Waals surface area contributed by atoms with E-state index >= 15 is 0 Å². The van der Waals surface area contributed by atoms with Gasteiger partial charge in [0.15, 0.2) is 0 Å². The van der Waals surface area contributed by atoms with E-state index in [4.69, 9.17) is 0 Å². The predicted molar refractivity (Wildman–Crippen MR) is 51.1 cm³/mol. The van der Waals surface area contributed by atoms with Crippen LogP contribution in [0.5, 0.6) is 5.75 Å². The molecule has 2 aromatic rings. The van der Waals surface area contributed by atoms with Gasteiger partial charge in [0.1, 0.15) is 5.75 Å². The molecule has 0 saturated heterocycles. The SMILES string of the molecule is O=Nn1c(=O)ccc2ccc(O)cc21. The smallest absolute Gasteiger partial charge is 0.274 e. The Morgan fingerprint density at radius 1 is 1.21 bits per heavy atom. The second kappa shape index (κ2) is 2.95. The van der Waals surface area contributed by atoms with Crippen LogP contribution in [0.25, 0.3) is 10.9 Å². The highest BCUT2D eigenvalue weighted by molar-refractivity contribution is 5.80. The predicted octanol–water partition coefficient (Wildman–Crippen LogP) is 1.24. The molecule has 0 radical (unpaired) electrons. The topological polar surface area (TPSA) is 71.7 Å². The third-order valence-electron chi connectivity index (χ3n) is 1.94. The molecule has 1 aromatic carbocycles. The second-order valence-corrected chi connectivity index (χ2v) is 2.81. The summed E-state index contributed by atoms with van der Waals surface area (Å²) < 4.78 is 0.703. The van der Waals surface area contributed by atoms with Gasteiger partial charge < -0.3 is 5.11 Å². The van der Waals surface area contributed by atoms with Gasteiger partial charge in [0, 0.05) is 17.5 Å². The lowest BCUT2D eigenvalue weighted by molar-refractivity contribution is 0.476. The highest BCUT2D eigenvalue weighted by Crippen LogP contribution is 2.17. The van der Waals surface area contributed by atoms with Crippen molar-refractivity contribution in [3.8, 4) is 5.75 Å². The number of hydrogen-bond donors (Lipinski definition) is 1. The largest absolute Gasteiger partial charge is 0.508 e. The van der Waals surface area contributed by atoms with Gasteiger partial charge in [-0.15, -0.1) is 4.91 Å². The van der Waals surface area contributed by atoms with Crippen LogP contribution in [0.15, 0.2) is 40.4 Å². The van der Waals surface area contributed by atoms with Crippen molar-refractivity contribution in [2.75, 3.05) is 0 Å². The number of rotatable bonds is 1. The van der Waals surface area contributed by atoms with E-state index in [1.54, 1.807) is 12.1 Å². The summed E-state index contributed by atoms with van der Waals surface area (Å²) in [6.07, 6.45) is 0. The Morgan fingerprint density at radius 2 is 1.93 bits per heavy atom. The van der Waals surface area contributed by atoms with Gasteiger partial charge in [-0.2, -0.15) is 4.68 Å². The summed E-state index contributed by atoms with van der Waals surface area (Å²) >= 11 is 0. The first-order chi connectivity index (χ1) is 6.72. The number of aromatic hydroxyl groups is 1. The van der Waals surface area contributed by atoms with E-state index in [1.807, 2.05) is 0 Å². The van der Waals surface area contributed by atoms with Gasteiger partial charge in [-0.05, 0) is 18.2 Å². The Balaban J connectivity index is 2.98. The van der Waals surface area contributed by atoms with Gasteiger partial charge >= 0.3 is 0 Å². The van der Waals surface area contributed by atoms with E-state index in [0.29, 0.717) is 15.6 Å². The minimum absolute atomic E-state index is 0.0134. The van der Waals surface area contributed by atoms with Crippen LogP contribution in [-0.2, 0) is 0 Å². The van der Waals surface area contributed by atoms with Gasteiger partial charge in [-0.25, -0.2) is 0 Å². The van der Waals surface area contributed by atoms with E-state index in [2.05, 4.69) is 5.29 Å². The number of phenols is 1. The molecule has 0 aliphatic rings. The molecular weight excluding hydrogens is 184 g/mol. The monoisotopic (exact) mass is 190 g/mol. The molecule has 0 amide bonds. The molecule has 2 rings (SSSR count). The lowest BCUT2D eigenvalue weighted by Crippen LogP contribution is -2.14. The summed E-state index contributed by atoms with van der Waals surface area (Å²) in [7, 11) is 0. The van der Waals surface area contributed by atoms with Crippen molar-refractivity contribution in [3.05, 3.63) is 45.6 Å². The van der Waals surface area contributed by atoms with E-state index in [1.165, 1.54) is 18.2 Å². The first kappa shape index (κ1) is 8.43. The van der Waals surface area contributed by atoms with Crippen LogP contribution in [-0.4, -0.2) is 9.78 Å². The van der Waals surface area contributed by atoms with Crippen LogP contribution >= 0.6 is 0 Å². The molecule has 5 nitrogen and oxygen atoms in total. The molecule has 0 aliphatic heterocycles. The first-order valence-electron chi connectivity index (χ1n) is 3.91. The maximum absolute atomic E-state index is 11.2. The zero-order chi connectivity index (χ0) is 10.1. The maximum Gasteiger partial charge on any atom is 0.274 e. The van der Waals surface area contributed by atoms with E-state index < -0.39 is 5.56 Å². The average Bonchev–Trinajstić information content (AvgIpc) is 2.17. The number of phenolic OH excluding ortho intramolecular Hbond substituents is 1. The van der Waals surface area contributed by atoms with Crippen molar-refractivity contribution in [1.82, 2.24) is 4.68 Å². The zero-order valence-electron chi connectivity index (χ0n) is 7.04. The lowest BCUT2D eigenvalue weighted by Gasteiger charge is -2.01. The minimum atomic E-state index is -0.516. The standard InChI is InChI=1S/C9H6N2O3/c12-7-3-1-6-2-4-9(13)11(10-14)8(6)5-7/h1-5,12H. The van der Waals surface area contributed by atoms with Crippen LogP contribution in [0.1, 0.15) is 0 Å². The molecule has 0 fully saturated rings. The van der Waals surface area contributed by atoms with E-state index in [-0.39, 0.29) is 5.75 Å². The van der Waals surface area contributed by atoms with Crippen molar-refractivity contribution in [2.24, 2.45) is 5.29 Å². The fraction of sp³-hybridized carbons (Fsp3) is 0. The molecule has 0 spiro atoms. The number of aromatic nitrogens is 1. The van der Waals surface area contributed by atoms with Gasteiger partial charge in [0.05, 0.1) is 10.8 Å². The Hall–Kier alpha value is -2.17. The molecule has 0 unspecified atom stereocenters. The van der Waals surface area contributed by atoms with Crippen molar-refractivity contribution in [2.45, 2.75) is 0 Å². The van der Waals surface area contributed by atoms with Crippen LogP contribution in [0.3, 0.4) is 0 Å². The molecule has 1 N–H and O–H groups in total. The first-order valence-corrected chi connectivity index (χ1v) is 3.91. The van der Waals surface area contributed by atoms with Crippen molar-refractivity contribution < 1.29 is 5.11 Å². The molecule has 0 atom stereocenters. The van der Waals surface area contributed by atoms with Crippen LogP contribution < -0.4 is 5.56 Å². The zero-order valence-corrected chi connectivity index (χ0v) is 7.04. The summed E-state index contributed by atoms with van der Waals surface area (Å²) in [6.45, 7) is 0. The fourth-order valence-corrected chi connectivity index (χ4v) is 1.29. The molecule has 14 heavy (non-hydrogen) atoms. The number of fused-ring (bicyclic) bond motifs is 1. The number of nitrogens with zero attached hydrogens (tertiary/aromatic N) is 2. The average molecular weight is 190 g/mol. The Bertz CT molecular complexity index is 559.